The molecule has 5 nitrogen and oxygen atoms in total. The van der Waals surface area contributed by atoms with Crippen LogP contribution in [0, 0.1) is 11.6 Å². The summed E-state index contributed by atoms with van der Waals surface area (Å²) in [6, 6.07) is 11.5. The highest BCUT2D eigenvalue weighted by Gasteiger charge is 2.18. The summed E-state index contributed by atoms with van der Waals surface area (Å²) < 4.78 is 37.1. The van der Waals surface area contributed by atoms with Gasteiger partial charge in [-0.3, -0.25) is 4.79 Å². The van der Waals surface area contributed by atoms with E-state index in [-0.39, 0.29) is 24.1 Å². The lowest BCUT2D eigenvalue weighted by atomic mass is 10.1. The molecule has 0 spiro atoms. The molecule has 1 aromatic heterocycles. The van der Waals surface area contributed by atoms with Gasteiger partial charge in [-0.25, -0.2) is 8.78 Å². The molecule has 0 saturated carbocycles. The molecule has 0 radical (unpaired) electrons. The third-order valence-electron chi connectivity index (χ3n) is 3.79. The van der Waals surface area contributed by atoms with Crippen molar-refractivity contribution in [3.05, 3.63) is 82.2 Å². The first-order valence-corrected chi connectivity index (χ1v) is 8.41. The van der Waals surface area contributed by atoms with Crippen LogP contribution in [0.1, 0.15) is 34.8 Å². The number of nitrogens with one attached hydrogen (secondary N) is 1. The zero-order valence-corrected chi connectivity index (χ0v) is 15.0. The minimum absolute atomic E-state index is 0.0153. The highest BCUT2D eigenvalue weighted by molar-refractivity contribution is 6.31. The molecule has 0 aliphatic rings. The minimum Gasteiger partial charge on any atom is -0.479 e. The first-order valence-electron chi connectivity index (χ1n) is 8.03. The Balaban J connectivity index is 1.63. The van der Waals surface area contributed by atoms with Gasteiger partial charge in [-0.15, -0.1) is 0 Å². The first kappa shape index (κ1) is 18.8. The Bertz CT molecular complexity index is 941. The summed E-state index contributed by atoms with van der Waals surface area (Å²) in [6.45, 7) is 1.50. The molecule has 1 heterocycles. The van der Waals surface area contributed by atoms with Crippen LogP contribution in [0.3, 0.4) is 0 Å². The molecule has 0 saturated heterocycles. The van der Waals surface area contributed by atoms with E-state index in [0.717, 1.165) is 17.7 Å². The van der Waals surface area contributed by atoms with Crippen molar-refractivity contribution in [2.45, 2.75) is 19.6 Å². The van der Waals surface area contributed by atoms with Gasteiger partial charge in [0.15, 0.2) is 28.8 Å². The van der Waals surface area contributed by atoms with Crippen LogP contribution in [0.2, 0.25) is 5.02 Å². The Morgan fingerprint density at radius 2 is 1.93 bits per heavy atom. The normalized spacial score (nSPS) is 11.9. The van der Waals surface area contributed by atoms with Crippen LogP contribution in [0.4, 0.5) is 8.78 Å². The SMILES string of the molecule is CC(NC(=O)c1cc(COc2c(F)cccc2F)on1)c1ccccc1Cl. The van der Waals surface area contributed by atoms with Gasteiger partial charge in [0.1, 0.15) is 6.61 Å². The minimum atomic E-state index is -0.832. The van der Waals surface area contributed by atoms with Gasteiger partial charge in [0.25, 0.3) is 5.91 Å². The molecule has 140 valence electrons. The summed E-state index contributed by atoms with van der Waals surface area (Å²) in [5.74, 6) is -2.52. The van der Waals surface area contributed by atoms with Crippen molar-refractivity contribution in [2.75, 3.05) is 0 Å². The van der Waals surface area contributed by atoms with Crippen molar-refractivity contribution in [2.24, 2.45) is 0 Å². The van der Waals surface area contributed by atoms with Crippen LogP contribution in [-0.4, -0.2) is 11.1 Å². The zero-order valence-electron chi connectivity index (χ0n) is 14.2. The molecule has 0 fully saturated rings. The topological polar surface area (TPSA) is 64.4 Å². The third kappa shape index (κ3) is 4.43. The average Bonchev–Trinajstić information content (AvgIpc) is 3.11. The van der Waals surface area contributed by atoms with Crippen LogP contribution >= 0.6 is 11.6 Å². The zero-order chi connectivity index (χ0) is 19.4. The maximum absolute atomic E-state index is 13.5. The molecule has 3 rings (SSSR count). The van der Waals surface area contributed by atoms with E-state index in [1.807, 2.05) is 6.07 Å². The molecule has 1 atom stereocenters. The Morgan fingerprint density at radius 3 is 2.63 bits per heavy atom. The second-order valence-corrected chi connectivity index (χ2v) is 6.14. The second kappa shape index (κ2) is 8.18. The Kier molecular flexibility index (Phi) is 5.71. The van der Waals surface area contributed by atoms with Gasteiger partial charge in [-0.2, -0.15) is 0 Å². The molecule has 0 aliphatic carbocycles. The fourth-order valence-corrected chi connectivity index (χ4v) is 2.73. The van der Waals surface area contributed by atoms with Crippen LogP contribution in [0.5, 0.6) is 5.75 Å². The summed E-state index contributed by atoms with van der Waals surface area (Å²) in [6.07, 6.45) is 0. The number of para-hydroxylation sites is 1. The summed E-state index contributed by atoms with van der Waals surface area (Å²) in [5.41, 5.74) is 0.774. The van der Waals surface area contributed by atoms with Gasteiger partial charge < -0.3 is 14.6 Å². The Morgan fingerprint density at radius 1 is 1.22 bits per heavy atom. The molecule has 8 heteroatoms. The highest BCUT2D eigenvalue weighted by atomic mass is 35.5. The molecule has 27 heavy (non-hydrogen) atoms. The second-order valence-electron chi connectivity index (χ2n) is 5.73. The fraction of sp³-hybridized carbons (Fsp3) is 0.158. The Labute approximate surface area is 158 Å². The molecular formula is C19H15ClF2N2O3. The van der Waals surface area contributed by atoms with E-state index in [1.54, 1.807) is 25.1 Å². The lowest BCUT2D eigenvalue weighted by Crippen LogP contribution is -2.27. The van der Waals surface area contributed by atoms with E-state index in [0.29, 0.717) is 5.02 Å². The van der Waals surface area contributed by atoms with E-state index in [2.05, 4.69) is 10.5 Å². The van der Waals surface area contributed by atoms with E-state index in [4.69, 9.17) is 20.9 Å². The van der Waals surface area contributed by atoms with Gasteiger partial charge in [0.2, 0.25) is 0 Å². The van der Waals surface area contributed by atoms with E-state index in [1.165, 1.54) is 12.1 Å². The van der Waals surface area contributed by atoms with Crippen molar-refractivity contribution >= 4 is 17.5 Å². The quantitative estimate of drug-likeness (QED) is 0.661. The summed E-state index contributed by atoms with van der Waals surface area (Å²) in [5, 5.41) is 6.94. The first-order chi connectivity index (χ1) is 13.0. The maximum atomic E-state index is 13.5. The molecule has 1 unspecified atom stereocenters. The lowest BCUT2D eigenvalue weighted by Gasteiger charge is -2.14. The number of halogens is 3. The monoisotopic (exact) mass is 392 g/mol. The number of aromatic nitrogens is 1. The maximum Gasteiger partial charge on any atom is 0.273 e. The lowest BCUT2D eigenvalue weighted by molar-refractivity contribution is 0.0930. The summed E-state index contributed by atoms with van der Waals surface area (Å²) >= 11 is 6.11. The average molecular weight is 393 g/mol. The van der Waals surface area contributed by atoms with Crippen LogP contribution in [0.15, 0.2) is 53.1 Å². The predicted octanol–water partition coefficient (Wildman–Crippen LogP) is 4.68. The highest BCUT2D eigenvalue weighted by Crippen LogP contribution is 2.23. The molecular weight excluding hydrogens is 378 g/mol. The van der Waals surface area contributed by atoms with Gasteiger partial charge in [0.05, 0.1) is 6.04 Å². The van der Waals surface area contributed by atoms with Gasteiger partial charge in [-0.05, 0) is 30.7 Å². The van der Waals surface area contributed by atoms with Gasteiger partial charge in [0, 0.05) is 11.1 Å². The number of ether oxygens (including phenoxy) is 1. The fourth-order valence-electron chi connectivity index (χ4n) is 2.43. The third-order valence-corrected chi connectivity index (χ3v) is 4.13. The van der Waals surface area contributed by atoms with E-state index >= 15 is 0 Å². The van der Waals surface area contributed by atoms with Crippen LogP contribution in [0.25, 0.3) is 0 Å². The number of rotatable bonds is 6. The van der Waals surface area contributed by atoms with E-state index in [9.17, 15) is 13.6 Å². The molecule has 3 aromatic rings. The molecule has 1 N–H and O–H groups in total. The number of carbonyl (C=O) groups is 1. The summed E-state index contributed by atoms with van der Waals surface area (Å²) in [7, 11) is 0. The Hall–Kier alpha value is -2.93. The number of hydrogen-bond donors (Lipinski definition) is 1. The molecule has 2 aromatic carbocycles. The van der Waals surface area contributed by atoms with Crippen molar-refractivity contribution < 1.29 is 22.8 Å². The van der Waals surface area contributed by atoms with Crippen molar-refractivity contribution in [3.8, 4) is 5.75 Å². The number of benzene rings is 2. The van der Waals surface area contributed by atoms with Crippen molar-refractivity contribution in [1.82, 2.24) is 10.5 Å². The van der Waals surface area contributed by atoms with Gasteiger partial charge in [-0.1, -0.05) is 41.0 Å². The predicted molar refractivity (Wildman–Crippen MR) is 94.5 cm³/mol. The smallest absolute Gasteiger partial charge is 0.273 e. The molecule has 1 amide bonds. The molecule has 0 aliphatic heterocycles. The van der Waals surface area contributed by atoms with Crippen LogP contribution in [-0.2, 0) is 6.61 Å². The van der Waals surface area contributed by atoms with E-state index < -0.39 is 23.3 Å². The number of amides is 1. The largest absolute Gasteiger partial charge is 0.479 e. The van der Waals surface area contributed by atoms with Crippen molar-refractivity contribution in [1.29, 1.82) is 0 Å². The number of hydrogen-bond acceptors (Lipinski definition) is 4. The van der Waals surface area contributed by atoms with Crippen LogP contribution < -0.4 is 10.1 Å². The standard InChI is InChI=1S/C19H15ClF2N2O3/c1-11(13-5-2-3-6-14(13)20)23-19(25)17-9-12(27-24-17)10-26-18-15(21)7-4-8-16(18)22/h2-9,11H,10H2,1H3,(H,23,25). The van der Waals surface area contributed by atoms with Gasteiger partial charge >= 0.3 is 0 Å². The number of nitrogens with zero attached hydrogens (tertiary/aromatic N) is 1. The summed E-state index contributed by atoms with van der Waals surface area (Å²) in [4.78, 5) is 12.3. The van der Waals surface area contributed by atoms with Crippen molar-refractivity contribution in [3.63, 3.8) is 0 Å². The molecule has 0 bridgehead atoms. The number of carbonyl (C=O) groups excluding carboxylic acids is 1.